The molecule has 1 aliphatic rings. The third-order valence-corrected chi connectivity index (χ3v) is 5.58. The van der Waals surface area contributed by atoms with Crippen molar-refractivity contribution in [1.82, 2.24) is 4.98 Å². The number of aliphatic hydroxyl groups is 2. The van der Waals surface area contributed by atoms with Crippen LogP contribution in [0.15, 0.2) is 48.8 Å². The van der Waals surface area contributed by atoms with Gasteiger partial charge in [0.25, 0.3) is 0 Å². The molecule has 3 rings (SSSR count). The van der Waals surface area contributed by atoms with E-state index in [9.17, 15) is 15.0 Å². The predicted octanol–water partition coefficient (Wildman–Crippen LogP) is 1.53. The molecular formula is C23H30N2O6. The molecule has 168 valence electrons. The average molecular weight is 431 g/mol. The Balaban J connectivity index is 1.69. The van der Waals surface area contributed by atoms with Crippen LogP contribution in [0.5, 0.6) is 5.75 Å². The van der Waals surface area contributed by atoms with E-state index in [1.807, 2.05) is 24.3 Å². The zero-order valence-electron chi connectivity index (χ0n) is 18.0. The number of methoxy groups -OCH3 is 1. The molecule has 4 N–H and O–H groups in total. The van der Waals surface area contributed by atoms with Gasteiger partial charge in [-0.05, 0) is 61.6 Å². The lowest BCUT2D eigenvalue weighted by atomic mass is 9.89. The summed E-state index contributed by atoms with van der Waals surface area (Å²) in [4.78, 5) is 15.5. The molecule has 0 bridgehead atoms. The maximum atomic E-state index is 11.5. The van der Waals surface area contributed by atoms with Crippen LogP contribution in [0.3, 0.4) is 0 Å². The average Bonchev–Trinajstić information content (AvgIpc) is 2.73. The quantitative estimate of drug-likeness (QED) is 0.580. The highest BCUT2D eigenvalue weighted by Crippen LogP contribution is 2.33. The summed E-state index contributed by atoms with van der Waals surface area (Å²) in [5.41, 5.74) is 6.59. The van der Waals surface area contributed by atoms with Gasteiger partial charge in [-0.2, -0.15) is 0 Å². The minimum Gasteiger partial charge on any atom is -0.462 e. The standard InChI is InChI=1S/C23H30N2O6/c1-23(2)21(29-3)19(27)20(28)22(31-23)30-17-6-4-14(5-7-17)12-16(13-18(24)26)15-8-10-25-11-9-15/h4-11,16,19-22,27-28H,12-13H2,1-3H3,(H2,24,26)/t16?,19-,20-,21+,22?/m0/s1. The highest BCUT2D eigenvalue weighted by atomic mass is 16.7. The first-order valence-corrected chi connectivity index (χ1v) is 10.2. The second kappa shape index (κ2) is 9.74. The molecule has 31 heavy (non-hydrogen) atoms. The molecule has 8 heteroatoms. The van der Waals surface area contributed by atoms with Crippen LogP contribution in [0.25, 0.3) is 0 Å². The summed E-state index contributed by atoms with van der Waals surface area (Å²) in [6, 6.07) is 11.1. The molecule has 0 saturated carbocycles. The van der Waals surface area contributed by atoms with Crippen LogP contribution in [-0.4, -0.2) is 58.4 Å². The fourth-order valence-electron chi connectivity index (χ4n) is 4.01. The third kappa shape index (κ3) is 5.59. The van der Waals surface area contributed by atoms with Gasteiger partial charge in [-0.1, -0.05) is 12.1 Å². The number of carbonyl (C=O) groups excluding carboxylic acids is 1. The van der Waals surface area contributed by atoms with Gasteiger partial charge < -0.3 is 30.2 Å². The van der Waals surface area contributed by atoms with Crippen molar-refractivity contribution >= 4 is 5.91 Å². The second-order valence-electron chi connectivity index (χ2n) is 8.34. The van der Waals surface area contributed by atoms with Crippen LogP contribution in [0.2, 0.25) is 0 Å². The second-order valence-corrected chi connectivity index (χ2v) is 8.34. The summed E-state index contributed by atoms with van der Waals surface area (Å²) in [5, 5.41) is 20.8. The smallest absolute Gasteiger partial charge is 0.229 e. The van der Waals surface area contributed by atoms with E-state index in [0.717, 1.165) is 11.1 Å². The first-order valence-electron chi connectivity index (χ1n) is 10.2. The lowest BCUT2D eigenvalue weighted by molar-refractivity contribution is -0.305. The minimum absolute atomic E-state index is 0.0577. The number of primary amides is 1. The number of rotatable bonds is 8. The van der Waals surface area contributed by atoms with Gasteiger partial charge in [-0.15, -0.1) is 0 Å². The van der Waals surface area contributed by atoms with Crippen molar-refractivity contribution in [3.05, 3.63) is 59.9 Å². The molecule has 1 aliphatic heterocycles. The van der Waals surface area contributed by atoms with Crippen LogP contribution in [0, 0.1) is 0 Å². The molecule has 1 amide bonds. The van der Waals surface area contributed by atoms with Crippen LogP contribution < -0.4 is 10.5 Å². The van der Waals surface area contributed by atoms with E-state index in [0.29, 0.717) is 12.2 Å². The number of aromatic nitrogens is 1. The lowest BCUT2D eigenvalue weighted by Gasteiger charge is -2.46. The molecule has 1 fully saturated rings. The van der Waals surface area contributed by atoms with Crippen LogP contribution in [0.4, 0.5) is 0 Å². The summed E-state index contributed by atoms with van der Waals surface area (Å²) in [5.74, 6) is 0.0699. The molecule has 2 aromatic rings. The van der Waals surface area contributed by atoms with Gasteiger partial charge in [0.15, 0.2) is 0 Å². The van der Waals surface area contributed by atoms with Crippen molar-refractivity contribution < 1.29 is 29.2 Å². The van der Waals surface area contributed by atoms with E-state index < -0.39 is 30.2 Å². The van der Waals surface area contributed by atoms with Gasteiger partial charge in [0.2, 0.25) is 12.2 Å². The molecule has 0 aliphatic carbocycles. The molecular weight excluding hydrogens is 400 g/mol. The first kappa shape index (κ1) is 23.1. The van der Waals surface area contributed by atoms with Crippen molar-refractivity contribution in [2.24, 2.45) is 5.73 Å². The van der Waals surface area contributed by atoms with E-state index in [-0.39, 0.29) is 18.2 Å². The number of amides is 1. The summed E-state index contributed by atoms with van der Waals surface area (Å²) < 4.78 is 16.9. The van der Waals surface area contributed by atoms with Crippen molar-refractivity contribution in [2.75, 3.05) is 7.11 Å². The highest BCUT2D eigenvalue weighted by molar-refractivity contribution is 5.74. The molecule has 1 aromatic heterocycles. The number of hydrogen-bond acceptors (Lipinski definition) is 7. The zero-order chi connectivity index (χ0) is 22.6. The normalized spacial score (nSPS) is 26.2. The highest BCUT2D eigenvalue weighted by Gasteiger charge is 2.50. The molecule has 5 atom stereocenters. The van der Waals surface area contributed by atoms with E-state index in [1.54, 1.807) is 38.4 Å². The minimum atomic E-state index is -1.26. The molecule has 2 heterocycles. The monoisotopic (exact) mass is 430 g/mol. The lowest BCUT2D eigenvalue weighted by Crippen LogP contribution is -2.63. The Labute approximate surface area is 182 Å². The molecule has 8 nitrogen and oxygen atoms in total. The summed E-state index contributed by atoms with van der Waals surface area (Å²) in [7, 11) is 1.46. The largest absolute Gasteiger partial charge is 0.462 e. The van der Waals surface area contributed by atoms with E-state index in [4.69, 9.17) is 19.9 Å². The summed E-state index contributed by atoms with van der Waals surface area (Å²) >= 11 is 0. The van der Waals surface area contributed by atoms with E-state index >= 15 is 0 Å². The van der Waals surface area contributed by atoms with Gasteiger partial charge in [0, 0.05) is 25.9 Å². The SMILES string of the molecule is CO[C@@H]1[C@@H](O)[C@H](O)C(Oc2ccc(CC(CC(N)=O)c3ccncc3)cc2)OC1(C)C. The topological polar surface area (TPSA) is 124 Å². The van der Waals surface area contributed by atoms with E-state index in [2.05, 4.69) is 4.98 Å². The molecule has 1 saturated heterocycles. The predicted molar refractivity (Wildman–Crippen MR) is 113 cm³/mol. The molecule has 0 radical (unpaired) electrons. The van der Waals surface area contributed by atoms with Gasteiger partial charge in [0.05, 0.1) is 5.60 Å². The van der Waals surface area contributed by atoms with Gasteiger partial charge in [-0.3, -0.25) is 9.78 Å². The number of benzene rings is 1. The van der Waals surface area contributed by atoms with Crippen molar-refractivity contribution in [2.45, 2.75) is 62.8 Å². The van der Waals surface area contributed by atoms with Crippen molar-refractivity contribution in [3.8, 4) is 5.75 Å². The fraction of sp³-hybridized carbons (Fsp3) is 0.478. The van der Waals surface area contributed by atoms with Crippen molar-refractivity contribution in [1.29, 1.82) is 0 Å². The van der Waals surface area contributed by atoms with Gasteiger partial charge in [-0.25, -0.2) is 0 Å². The van der Waals surface area contributed by atoms with Crippen LogP contribution in [0.1, 0.15) is 37.3 Å². The van der Waals surface area contributed by atoms with Gasteiger partial charge >= 0.3 is 0 Å². The maximum Gasteiger partial charge on any atom is 0.229 e. The third-order valence-electron chi connectivity index (χ3n) is 5.58. The number of hydrogen-bond donors (Lipinski definition) is 3. The number of pyridine rings is 1. The molecule has 2 unspecified atom stereocenters. The molecule has 1 aromatic carbocycles. The maximum absolute atomic E-state index is 11.5. The number of nitrogens with two attached hydrogens (primary N) is 1. The summed E-state index contributed by atoms with van der Waals surface area (Å²) in [6.07, 6.45) is 0.119. The Morgan fingerprint density at radius 1 is 1.16 bits per heavy atom. The zero-order valence-corrected chi connectivity index (χ0v) is 18.0. The Morgan fingerprint density at radius 3 is 2.39 bits per heavy atom. The van der Waals surface area contributed by atoms with Gasteiger partial charge in [0.1, 0.15) is 24.1 Å². The van der Waals surface area contributed by atoms with Crippen LogP contribution >= 0.6 is 0 Å². The number of nitrogens with zero attached hydrogens (tertiary/aromatic N) is 1. The fourth-order valence-corrected chi connectivity index (χ4v) is 4.01. The molecule has 0 spiro atoms. The Bertz CT molecular complexity index is 858. The van der Waals surface area contributed by atoms with E-state index in [1.165, 1.54) is 7.11 Å². The Kier molecular flexibility index (Phi) is 7.27. The number of carbonyl (C=O) groups is 1. The number of aliphatic hydroxyl groups excluding tert-OH is 2. The summed E-state index contributed by atoms with van der Waals surface area (Å²) in [6.45, 7) is 3.54. The Hall–Kier alpha value is -2.52. The first-order chi connectivity index (χ1) is 14.7. The number of ether oxygens (including phenoxy) is 3. The van der Waals surface area contributed by atoms with Crippen molar-refractivity contribution in [3.63, 3.8) is 0 Å². The van der Waals surface area contributed by atoms with Crippen LogP contribution in [-0.2, 0) is 20.7 Å². The Morgan fingerprint density at radius 2 is 1.81 bits per heavy atom.